The van der Waals surface area contributed by atoms with E-state index in [9.17, 15) is 86.5 Å². The summed E-state index contributed by atoms with van der Waals surface area (Å²) >= 11 is 0.765. The molecule has 5 fully saturated rings. The molecule has 0 aromatic rings. The molecule has 25 atom stereocenters. The van der Waals surface area contributed by atoms with Gasteiger partial charge in [-0.2, -0.15) is 0 Å². The van der Waals surface area contributed by atoms with Crippen LogP contribution in [0.15, 0.2) is 0 Å². The molecule has 5 aliphatic rings. The predicted molar refractivity (Wildman–Crippen MR) is 185 cm³/mol. The van der Waals surface area contributed by atoms with Crippen molar-refractivity contribution in [2.24, 2.45) is 0 Å². The van der Waals surface area contributed by atoms with Crippen LogP contribution in [-0.4, -0.2) is 272 Å². The number of ether oxygens (including phenoxy) is 8. The van der Waals surface area contributed by atoms with Crippen LogP contribution in [0.3, 0.4) is 0 Å². The molecule has 5 rings (SSSR count). The first-order chi connectivity index (χ1) is 27.8. The minimum atomic E-state index is -2.14. The molecule has 0 radical (unpaired) electrons. The van der Waals surface area contributed by atoms with Gasteiger partial charge in [0.15, 0.2) is 25.2 Å². The van der Waals surface area contributed by atoms with E-state index in [4.69, 9.17) is 37.9 Å². The van der Waals surface area contributed by atoms with Crippen LogP contribution in [0.2, 0.25) is 0 Å². The summed E-state index contributed by atoms with van der Waals surface area (Å²) in [6.07, 6.45) is -40.9. The fourth-order valence-corrected chi connectivity index (χ4v) is 8.43. The lowest BCUT2D eigenvalue weighted by Gasteiger charge is -2.49. The summed E-state index contributed by atoms with van der Waals surface area (Å²) < 4.78 is 44.7. The molecule has 1 amide bonds. The maximum absolute atomic E-state index is 12.0. The third-order valence-electron chi connectivity index (χ3n) is 10.7. The second-order valence-electron chi connectivity index (χ2n) is 14.8. The van der Waals surface area contributed by atoms with E-state index in [1.807, 2.05) is 0 Å². The molecule has 5 heterocycles. The molecule has 26 nitrogen and oxygen atoms in total. The average Bonchev–Trinajstić information content (AvgIpc) is 3.21. The molecule has 5 saturated heterocycles. The van der Waals surface area contributed by atoms with Crippen LogP contribution >= 0.6 is 11.8 Å². The van der Waals surface area contributed by atoms with Crippen LogP contribution in [0.5, 0.6) is 0 Å². The smallest absolute Gasteiger partial charge is 0.217 e. The molecule has 0 aliphatic carbocycles. The van der Waals surface area contributed by atoms with Gasteiger partial charge in [-0.25, -0.2) is 0 Å². The number of hydrogen-bond acceptors (Lipinski definition) is 26. The van der Waals surface area contributed by atoms with Gasteiger partial charge < -0.3 is 125 Å². The second kappa shape index (κ2) is 21.0. The van der Waals surface area contributed by atoms with Gasteiger partial charge in [0.05, 0.1) is 32.5 Å². The molecule has 0 saturated carbocycles. The Labute approximate surface area is 338 Å². The van der Waals surface area contributed by atoms with Crippen molar-refractivity contribution in [1.82, 2.24) is 5.32 Å². The van der Waals surface area contributed by atoms with E-state index in [0.717, 1.165) is 18.7 Å². The number of amides is 1. The number of carbonyl (C=O) groups excluding carboxylic acids is 1. The monoisotopic (exact) mass is 885 g/mol. The van der Waals surface area contributed by atoms with Crippen molar-refractivity contribution >= 4 is 17.7 Å². The Hall–Kier alpha value is -1.14. The van der Waals surface area contributed by atoms with Gasteiger partial charge in [-0.1, -0.05) is 0 Å². The van der Waals surface area contributed by atoms with E-state index >= 15 is 0 Å². The lowest BCUT2D eigenvalue weighted by atomic mass is 9.95. The Bertz CT molecular complexity index is 1330. The Kier molecular flexibility index (Phi) is 17.4. The lowest BCUT2D eigenvalue weighted by Crippen LogP contribution is -2.68. The highest BCUT2D eigenvalue weighted by Crippen LogP contribution is 2.35. The Morgan fingerprint density at radius 2 is 1.02 bits per heavy atom. The average molecular weight is 886 g/mol. The molecule has 344 valence electrons. The van der Waals surface area contributed by atoms with Crippen LogP contribution in [0.25, 0.3) is 0 Å². The summed E-state index contributed by atoms with van der Waals surface area (Å²) in [7, 11) is 0. The Morgan fingerprint density at radius 3 is 1.63 bits per heavy atom. The standard InChI is InChI=1S/C32H55NO25S/c1-7(37)33-13-19(43)14(38)8(2-34)53-29(13)58-27-22(46)16(40)9(3-35)54-31(27)57-26-18(42)11(52-28(50)25(26)49)5-51-30-23(47)20(44)17(41)12(55-30)6-59-32-24(48)21(45)15(39)10(4-36)56-32/h8-32,34-36,38-50H,2-6H2,1H3,(H,33,37)/t8-,9-,10-,11-,12-,13-,14-,15-,16-,17-,18-,19-,20+,21+,22+,23+,24+,25+,26+,27+,28-,29+,30+,31-,32-/m1/s1. The van der Waals surface area contributed by atoms with Crippen LogP contribution in [0, 0.1) is 0 Å². The number of aliphatic hydroxyl groups is 16. The topological polar surface area (TPSA) is 427 Å². The fourth-order valence-electron chi connectivity index (χ4n) is 7.20. The highest BCUT2D eigenvalue weighted by Gasteiger charge is 2.55. The molecule has 17 N–H and O–H groups in total. The van der Waals surface area contributed by atoms with Gasteiger partial charge in [0.1, 0.15) is 121 Å². The number of aliphatic hydroxyl groups excluding tert-OH is 16. The molecule has 0 bridgehead atoms. The van der Waals surface area contributed by atoms with Gasteiger partial charge in [0.25, 0.3) is 0 Å². The summed E-state index contributed by atoms with van der Waals surface area (Å²) in [4.78, 5) is 12.0. The third-order valence-corrected chi connectivity index (χ3v) is 11.9. The number of thioether (sulfide) groups is 1. The van der Waals surface area contributed by atoms with Crippen LogP contribution in [0.4, 0.5) is 0 Å². The van der Waals surface area contributed by atoms with Gasteiger partial charge >= 0.3 is 0 Å². The molecule has 0 aromatic heterocycles. The molecule has 5 aliphatic heterocycles. The van der Waals surface area contributed by atoms with Crippen LogP contribution in [0.1, 0.15) is 6.92 Å². The SMILES string of the molecule is CC(=O)N[C@H]1[C@H](O[C@@H]2[C@@H](O[C@@H]3[C@H](O)[C@H](O)O[C@H](CO[C@H]4O[C@H](CS[C@H]5O[C@H](CO)[C@@H](O)[C@H](O)[C@@H]5O)[C@@H](O)[C@H](O)[C@@H]4O)[C@H]3O)O[C@H](CO)[C@@H](O)[C@@H]2O)O[C@H](CO)[C@@H](O)[C@@H]1O. The van der Waals surface area contributed by atoms with Gasteiger partial charge in [-0.05, 0) is 0 Å². The van der Waals surface area contributed by atoms with E-state index in [1.54, 1.807) is 0 Å². The van der Waals surface area contributed by atoms with Crippen molar-refractivity contribution in [3.63, 3.8) is 0 Å². The Balaban J connectivity index is 1.28. The highest BCUT2D eigenvalue weighted by atomic mass is 32.2. The van der Waals surface area contributed by atoms with Crippen LogP contribution in [-0.2, 0) is 42.7 Å². The number of rotatable bonds is 14. The van der Waals surface area contributed by atoms with Crippen molar-refractivity contribution in [1.29, 1.82) is 0 Å². The van der Waals surface area contributed by atoms with E-state index < -0.39 is 185 Å². The van der Waals surface area contributed by atoms with Gasteiger partial charge in [-0.3, -0.25) is 4.79 Å². The number of carbonyl (C=O) groups is 1. The zero-order chi connectivity index (χ0) is 43.6. The minimum absolute atomic E-state index is 0.283. The number of nitrogens with one attached hydrogen (secondary N) is 1. The van der Waals surface area contributed by atoms with Gasteiger partial charge in [0, 0.05) is 12.7 Å². The molecule has 0 aromatic carbocycles. The fraction of sp³-hybridized carbons (Fsp3) is 0.969. The molecule has 0 unspecified atom stereocenters. The molecule has 59 heavy (non-hydrogen) atoms. The zero-order valence-corrected chi connectivity index (χ0v) is 32.0. The molecular weight excluding hydrogens is 830 g/mol. The predicted octanol–water partition coefficient (Wildman–Crippen LogP) is -11.1. The molecule has 0 spiro atoms. The largest absolute Gasteiger partial charge is 0.394 e. The number of hydrogen-bond donors (Lipinski definition) is 17. The Morgan fingerprint density at radius 1 is 0.508 bits per heavy atom. The zero-order valence-electron chi connectivity index (χ0n) is 31.2. The van der Waals surface area contributed by atoms with Gasteiger partial charge in [-0.15, -0.1) is 11.8 Å². The summed E-state index contributed by atoms with van der Waals surface area (Å²) in [6.45, 7) is -2.19. The van der Waals surface area contributed by atoms with E-state index in [-0.39, 0.29) is 5.75 Å². The maximum Gasteiger partial charge on any atom is 0.217 e. The normalized spacial score (nSPS) is 51.0. The van der Waals surface area contributed by atoms with Crippen molar-refractivity contribution in [3.8, 4) is 0 Å². The lowest BCUT2D eigenvalue weighted by molar-refractivity contribution is -0.382. The van der Waals surface area contributed by atoms with Crippen molar-refractivity contribution in [2.45, 2.75) is 160 Å². The first-order valence-corrected chi connectivity index (χ1v) is 19.7. The van der Waals surface area contributed by atoms with Crippen molar-refractivity contribution < 1.29 is 124 Å². The van der Waals surface area contributed by atoms with Crippen molar-refractivity contribution in [2.75, 3.05) is 32.2 Å². The van der Waals surface area contributed by atoms with E-state index in [0.29, 0.717) is 0 Å². The first kappa shape index (κ1) is 48.9. The third kappa shape index (κ3) is 10.6. The summed E-state index contributed by atoms with van der Waals surface area (Å²) in [5, 5.41) is 169. The minimum Gasteiger partial charge on any atom is -0.394 e. The van der Waals surface area contributed by atoms with E-state index in [2.05, 4.69) is 5.32 Å². The summed E-state index contributed by atoms with van der Waals surface area (Å²) in [6, 6.07) is -1.56. The van der Waals surface area contributed by atoms with Crippen LogP contribution < -0.4 is 5.32 Å². The first-order valence-electron chi connectivity index (χ1n) is 18.6. The quantitative estimate of drug-likeness (QED) is 0.0770. The molecule has 27 heteroatoms. The maximum atomic E-state index is 12.0. The second-order valence-corrected chi connectivity index (χ2v) is 15.9. The highest BCUT2D eigenvalue weighted by molar-refractivity contribution is 7.99. The van der Waals surface area contributed by atoms with Crippen molar-refractivity contribution in [3.05, 3.63) is 0 Å². The van der Waals surface area contributed by atoms with Gasteiger partial charge in [0.2, 0.25) is 5.91 Å². The summed E-state index contributed by atoms with van der Waals surface area (Å²) in [5.74, 6) is -1.02. The summed E-state index contributed by atoms with van der Waals surface area (Å²) in [5.41, 5.74) is -1.25. The van der Waals surface area contributed by atoms with E-state index in [1.165, 1.54) is 0 Å². The molecular formula is C32H55NO25S.